The SMILES string of the molecule is Cc1ccc(C(Br)c2ccc(F)cc2)cc1Br. The zero-order chi connectivity index (χ0) is 12.4. The van der Waals surface area contributed by atoms with Crippen LogP contribution in [-0.4, -0.2) is 0 Å². The number of hydrogen-bond acceptors (Lipinski definition) is 0. The van der Waals surface area contributed by atoms with Gasteiger partial charge in [-0.2, -0.15) is 0 Å². The lowest BCUT2D eigenvalue weighted by molar-refractivity contribution is 0.627. The smallest absolute Gasteiger partial charge is 0.123 e. The van der Waals surface area contributed by atoms with Crippen molar-refractivity contribution in [3.8, 4) is 0 Å². The molecule has 0 amide bonds. The molecule has 0 radical (unpaired) electrons. The van der Waals surface area contributed by atoms with Crippen LogP contribution < -0.4 is 0 Å². The molecule has 0 saturated heterocycles. The van der Waals surface area contributed by atoms with Gasteiger partial charge in [-0.05, 0) is 41.8 Å². The normalized spacial score (nSPS) is 12.5. The van der Waals surface area contributed by atoms with Crippen molar-refractivity contribution >= 4 is 31.9 Å². The summed E-state index contributed by atoms with van der Waals surface area (Å²) in [5.74, 6) is -0.210. The standard InChI is InChI=1S/C14H11Br2F/c1-9-2-3-11(8-13(9)15)14(16)10-4-6-12(17)7-5-10/h2-8,14H,1H3. The lowest BCUT2D eigenvalue weighted by atomic mass is 10.0. The van der Waals surface area contributed by atoms with Crippen LogP contribution in [0.5, 0.6) is 0 Å². The summed E-state index contributed by atoms with van der Waals surface area (Å²) in [4.78, 5) is 0.0833. The van der Waals surface area contributed by atoms with Crippen molar-refractivity contribution in [2.45, 2.75) is 11.8 Å². The zero-order valence-corrected chi connectivity index (χ0v) is 12.4. The second-order valence-corrected chi connectivity index (χ2v) is 5.69. The van der Waals surface area contributed by atoms with E-state index in [-0.39, 0.29) is 10.6 Å². The monoisotopic (exact) mass is 356 g/mol. The molecule has 0 nitrogen and oxygen atoms in total. The number of benzene rings is 2. The molecule has 2 aromatic rings. The molecule has 0 fully saturated rings. The molecule has 2 aromatic carbocycles. The number of aryl methyl sites for hydroxylation is 1. The first-order valence-corrected chi connectivity index (χ1v) is 6.94. The molecule has 3 heteroatoms. The van der Waals surface area contributed by atoms with Crippen LogP contribution in [0.1, 0.15) is 21.5 Å². The molecule has 1 atom stereocenters. The largest absolute Gasteiger partial charge is 0.207 e. The summed E-state index contributed by atoms with van der Waals surface area (Å²) >= 11 is 7.15. The Kier molecular flexibility index (Phi) is 4.00. The molecular formula is C14H11Br2F. The maximum absolute atomic E-state index is 12.8. The van der Waals surface area contributed by atoms with Crippen LogP contribution in [0, 0.1) is 12.7 Å². The van der Waals surface area contributed by atoms with Gasteiger partial charge in [0.25, 0.3) is 0 Å². The van der Waals surface area contributed by atoms with E-state index in [1.54, 1.807) is 12.1 Å². The van der Waals surface area contributed by atoms with Crippen molar-refractivity contribution < 1.29 is 4.39 Å². The van der Waals surface area contributed by atoms with Crippen molar-refractivity contribution in [3.63, 3.8) is 0 Å². The first-order chi connectivity index (χ1) is 8.08. The van der Waals surface area contributed by atoms with E-state index in [0.717, 1.165) is 15.6 Å². The summed E-state index contributed by atoms with van der Waals surface area (Å²) in [6.45, 7) is 2.05. The van der Waals surface area contributed by atoms with Crippen molar-refractivity contribution in [3.05, 3.63) is 69.4 Å². The Balaban J connectivity index is 2.33. The van der Waals surface area contributed by atoms with Crippen LogP contribution in [0.3, 0.4) is 0 Å². The van der Waals surface area contributed by atoms with Gasteiger partial charge in [-0.3, -0.25) is 0 Å². The molecule has 0 aliphatic carbocycles. The summed E-state index contributed by atoms with van der Waals surface area (Å²) in [7, 11) is 0. The van der Waals surface area contributed by atoms with Gasteiger partial charge in [0, 0.05) is 4.47 Å². The Bertz CT molecular complexity index is 520. The third-order valence-electron chi connectivity index (χ3n) is 2.65. The predicted molar refractivity (Wildman–Crippen MR) is 76.0 cm³/mol. The second-order valence-electron chi connectivity index (χ2n) is 3.92. The molecule has 0 saturated carbocycles. The fourth-order valence-electron chi connectivity index (χ4n) is 1.59. The average molecular weight is 358 g/mol. The van der Waals surface area contributed by atoms with Crippen LogP contribution in [0.4, 0.5) is 4.39 Å². The van der Waals surface area contributed by atoms with Crippen molar-refractivity contribution in [1.29, 1.82) is 0 Å². The highest BCUT2D eigenvalue weighted by Gasteiger charge is 2.11. The molecule has 88 valence electrons. The van der Waals surface area contributed by atoms with Crippen LogP contribution in [-0.2, 0) is 0 Å². The van der Waals surface area contributed by atoms with Crippen LogP contribution >= 0.6 is 31.9 Å². The Labute approximate surface area is 117 Å². The van der Waals surface area contributed by atoms with E-state index in [9.17, 15) is 4.39 Å². The van der Waals surface area contributed by atoms with Crippen molar-refractivity contribution in [1.82, 2.24) is 0 Å². The maximum Gasteiger partial charge on any atom is 0.123 e. The van der Waals surface area contributed by atoms with Crippen LogP contribution in [0.25, 0.3) is 0 Å². The van der Waals surface area contributed by atoms with Gasteiger partial charge in [0.05, 0.1) is 4.83 Å². The molecule has 1 unspecified atom stereocenters. The fraction of sp³-hybridized carbons (Fsp3) is 0.143. The highest BCUT2D eigenvalue weighted by molar-refractivity contribution is 9.10. The van der Waals surface area contributed by atoms with E-state index in [4.69, 9.17) is 0 Å². The summed E-state index contributed by atoms with van der Waals surface area (Å²) in [5, 5.41) is 0. The first-order valence-electron chi connectivity index (χ1n) is 5.23. The number of rotatable bonds is 2. The number of halogens is 3. The molecule has 2 rings (SSSR count). The maximum atomic E-state index is 12.8. The summed E-state index contributed by atoms with van der Waals surface area (Å²) in [6, 6.07) is 12.8. The Morgan fingerprint density at radius 2 is 1.59 bits per heavy atom. The van der Waals surface area contributed by atoms with E-state index < -0.39 is 0 Å². The number of hydrogen-bond donors (Lipinski definition) is 0. The van der Waals surface area contributed by atoms with Gasteiger partial charge >= 0.3 is 0 Å². The Hall–Kier alpha value is -0.670. The van der Waals surface area contributed by atoms with Gasteiger partial charge in [0.2, 0.25) is 0 Å². The van der Waals surface area contributed by atoms with E-state index in [2.05, 4.69) is 57.0 Å². The predicted octanol–water partition coefficient (Wildman–Crippen LogP) is 5.38. The topological polar surface area (TPSA) is 0 Å². The van der Waals surface area contributed by atoms with E-state index in [1.807, 2.05) is 0 Å². The average Bonchev–Trinajstić information content (AvgIpc) is 2.33. The van der Waals surface area contributed by atoms with Gasteiger partial charge in [-0.25, -0.2) is 4.39 Å². The molecule has 0 heterocycles. The van der Waals surface area contributed by atoms with Crippen molar-refractivity contribution in [2.75, 3.05) is 0 Å². The third kappa shape index (κ3) is 2.96. The zero-order valence-electron chi connectivity index (χ0n) is 9.25. The van der Waals surface area contributed by atoms with Crippen molar-refractivity contribution in [2.24, 2.45) is 0 Å². The first kappa shape index (κ1) is 12.8. The minimum absolute atomic E-state index is 0.0833. The second kappa shape index (κ2) is 5.32. The number of alkyl halides is 1. The fourth-order valence-corrected chi connectivity index (χ4v) is 2.58. The van der Waals surface area contributed by atoms with E-state index in [1.165, 1.54) is 17.7 Å². The van der Waals surface area contributed by atoms with Crippen LogP contribution in [0.15, 0.2) is 46.9 Å². The van der Waals surface area contributed by atoms with E-state index >= 15 is 0 Å². The molecular weight excluding hydrogens is 347 g/mol. The van der Waals surface area contributed by atoms with Gasteiger partial charge in [0.1, 0.15) is 5.82 Å². The lowest BCUT2D eigenvalue weighted by Gasteiger charge is -2.12. The molecule has 0 spiro atoms. The highest BCUT2D eigenvalue weighted by Crippen LogP contribution is 2.32. The summed E-state index contributed by atoms with van der Waals surface area (Å²) in [6.07, 6.45) is 0. The summed E-state index contributed by atoms with van der Waals surface area (Å²) < 4.78 is 13.9. The Morgan fingerprint density at radius 1 is 1.00 bits per heavy atom. The summed E-state index contributed by atoms with van der Waals surface area (Å²) in [5.41, 5.74) is 3.39. The minimum atomic E-state index is -0.210. The molecule has 0 aliphatic rings. The molecule has 0 N–H and O–H groups in total. The molecule has 17 heavy (non-hydrogen) atoms. The van der Waals surface area contributed by atoms with Gasteiger partial charge in [0.15, 0.2) is 0 Å². The minimum Gasteiger partial charge on any atom is -0.207 e. The molecule has 0 bridgehead atoms. The van der Waals surface area contributed by atoms with Gasteiger partial charge in [-0.1, -0.05) is 56.1 Å². The van der Waals surface area contributed by atoms with Crippen LogP contribution in [0.2, 0.25) is 0 Å². The quantitative estimate of drug-likeness (QED) is 0.633. The molecule has 0 aromatic heterocycles. The molecule has 0 aliphatic heterocycles. The third-order valence-corrected chi connectivity index (χ3v) is 4.56. The van der Waals surface area contributed by atoms with Gasteiger partial charge < -0.3 is 0 Å². The van der Waals surface area contributed by atoms with E-state index in [0.29, 0.717) is 0 Å². The highest BCUT2D eigenvalue weighted by atomic mass is 79.9. The Morgan fingerprint density at radius 3 is 2.18 bits per heavy atom. The van der Waals surface area contributed by atoms with Gasteiger partial charge in [-0.15, -0.1) is 0 Å². The lowest BCUT2D eigenvalue weighted by Crippen LogP contribution is -1.93.